The second-order valence-electron chi connectivity index (χ2n) is 4.12. The minimum Gasteiger partial charge on any atom is -0.782 e. The Morgan fingerprint density at radius 2 is 2.33 bits per heavy atom. The molecule has 0 atom stereocenters. The van der Waals surface area contributed by atoms with E-state index in [1.807, 2.05) is 18.7 Å². The predicted octanol–water partition coefficient (Wildman–Crippen LogP) is 1.42. The molecule has 0 amide bonds. The van der Waals surface area contributed by atoms with Crippen molar-refractivity contribution in [3.8, 4) is 0 Å². The summed E-state index contributed by atoms with van der Waals surface area (Å²) in [5.74, 6) is 1.44. The summed E-state index contributed by atoms with van der Waals surface area (Å²) in [5, 5.41) is 8.90. The topological polar surface area (TPSA) is 61.6 Å². The summed E-state index contributed by atoms with van der Waals surface area (Å²) in [6.45, 7) is 4.51. The van der Waals surface area contributed by atoms with Gasteiger partial charge in [-0.25, -0.2) is 15.0 Å². The Bertz CT molecular complexity index is 513. The van der Waals surface area contributed by atoms with Crippen molar-refractivity contribution in [3.63, 3.8) is 0 Å². The van der Waals surface area contributed by atoms with Gasteiger partial charge in [-0.3, -0.25) is 0 Å². The summed E-state index contributed by atoms with van der Waals surface area (Å²) in [5.41, 5.74) is 1.92. The fraction of sp³-hybridized carbons (Fsp3) is 0.417. The van der Waals surface area contributed by atoms with Crippen LogP contribution in [0.3, 0.4) is 0 Å². The molecule has 96 valence electrons. The van der Waals surface area contributed by atoms with Gasteiger partial charge in [-0.05, 0) is 26.0 Å². The van der Waals surface area contributed by atoms with E-state index in [0.717, 1.165) is 27.8 Å². The van der Waals surface area contributed by atoms with Crippen molar-refractivity contribution < 1.29 is 5.11 Å². The van der Waals surface area contributed by atoms with Crippen LogP contribution < -0.4 is 0 Å². The zero-order valence-electron chi connectivity index (χ0n) is 10.4. The van der Waals surface area contributed by atoms with E-state index in [0.29, 0.717) is 13.0 Å². The zero-order valence-corrected chi connectivity index (χ0v) is 11.2. The number of aromatic nitrogens is 2. The molecular weight excluding hydrogens is 248 g/mol. The number of aliphatic imine (C=N–C) groups is 1. The molecule has 18 heavy (non-hydrogen) atoms. The number of allylic oxidation sites excluding steroid dienone is 1. The van der Waals surface area contributed by atoms with Crippen LogP contribution in [-0.4, -0.2) is 32.9 Å². The Labute approximate surface area is 112 Å². The zero-order chi connectivity index (χ0) is 13.1. The molecule has 0 aromatic carbocycles. The molecule has 2 heterocycles. The highest BCUT2D eigenvalue weighted by molar-refractivity contribution is 7.63. The number of nitrogens with zero attached hydrogens (tertiary/aromatic N) is 4. The highest BCUT2D eigenvalue weighted by Crippen LogP contribution is 2.24. The Hall–Kier alpha value is -1.53. The van der Waals surface area contributed by atoms with Gasteiger partial charge < -0.3 is 22.6 Å². The second kappa shape index (κ2) is 5.41. The van der Waals surface area contributed by atoms with Crippen LogP contribution in [0.5, 0.6) is 0 Å². The van der Waals surface area contributed by atoms with E-state index in [4.69, 9.17) is 17.7 Å². The van der Waals surface area contributed by atoms with E-state index in [2.05, 4.69) is 15.0 Å². The van der Waals surface area contributed by atoms with Crippen molar-refractivity contribution in [1.82, 2.24) is 14.9 Å². The lowest BCUT2D eigenvalue weighted by atomic mass is 10.2. The van der Waals surface area contributed by atoms with E-state index in [9.17, 15) is 0 Å². The fourth-order valence-electron chi connectivity index (χ4n) is 1.70. The first-order valence-electron chi connectivity index (χ1n) is 5.72. The van der Waals surface area contributed by atoms with Crippen molar-refractivity contribution in [2.24, 2.45) is 4.99 Å². The quantitative estimate of drug-likeness (QED) is 0.836. The summed E-state index contributed by atoms with van der Waals surface area (Å²) in [7, 11) is 0. The van der Waals surface area contributed by atoms with Gasteiger partial charge in [0, 0.05) is 18.4 Å². The summed E-state index contributed by atoms with van der Waals surface area (Å²) in [6.07, 6.45) is 4.03. The van der Waals surface area contributed by atoms with Gasteiger partial charge in [-0.1, -0.05) is 0 Å². The standard InChI is InChI=1S/C12H16N4OS/c1-8(11(18)3-4-17)16-6-10-5-13-9(2)15-12(10)14-7-16/h5,7,17-18H,3-4,6H2,1-2H3/p-1/b11-8+. The number of fused-ring (bicyclic) bond motifs is 1. The Morgan fingerprint density at radius 3 is 3.06 bits per heavy atom. The first-order valence-corrected chi connectivity index (χ1v) is 6.13. The maximum atomic E-state index is 8.90. The summed E-state index contributed by atoms with van der Waals surface area (Å²) in [4.78, 5) is 15.5. The molecule has 0 aliphatic carbocycles. The molecule has 0 saturated carbocycles. The van der Waals surface area contributed by atoms with E-state index >= 15 is 0 Å². The van der Waals surface area contributed by atoms with Crippen LogP contribution in [0.25, 0.3) is 0 Å². The molecular formula is C12H15N4OS-. The van der Waals surface area contributed by atoms with Crippen LogP contribution in [0.1, 0.15) is 24.7 Å². The van der Waals surface area contributed by atoms with Gasteiger partial charge in [-0.15, -0.1) is 0 Å². The maximum absolute atomic E-state index is 8.90. The normalized spacial score (nSPS) is 15.4. The van der Waals surface area contributed by atoms with Crippen molar-refractivity contribution in [1.29, 1.82) is 0 Å². The number of hydrogen-bond donors (Lipinski definition) is 1. The minimum atomic E-state index is 0.0695. The largest absolute Gasteiger partial charge is 0.782 e. The lowest BCUT2D eigenvalue weighted by Crippen LogP contribution is -2.23. The van der Waals surface area contributed by atoms with Crippen molar-refractivity contribution >= 4 is 24.8 Å². The first-order chi connectivity index (χ1) is 8.61. The molecule has 1 N–H and O–H groups in total. The minimum absolute atomic E-state index is 0.0695. The molecule has 1 aromatic heterocycles. The molecule has 1 aromatic rings. The van der Waals surface area contributed by atoms with Crippen LogP contribution in [0.4, 0.5) is 5.82 Å². The number of aliphatic hydroxyl groups excluding tert-OH is 1. The molecule has 6 heteroatoms. The molecule has 0 radical (unpaired) electrons. The number of hydrogen-bond acceptors (Lipinski definition) is 6. The Kier molecular flexibility index (Phi) is 3.88. The second-order valence-corrected chi connectivity index (χ2v) is 4.61. The Balaban J connectivity index is 2.23. The molecule has 1 aliphatic heterocycles. The van der Waals surface area contributed by atoms with Gasteiger partial charge >= 0.3 is 0 Å². The molecule has 0 fully saturated rings. The predicted molar refractivity (Wildman–Crippen MR) is 72.2 cm³/mol. The SMILES string of the molecule is C/C(=C(\[S-])CCO)N1C=Nc2nc(C)ncc2C1. The Morgan fingerprint density at radius 1 is 1.56 bits per heavy atom. The fourth-order valence-corrected chi connectivity index (χ4v) is 1.91. The number of aliphatic hydroxyl groups is 1. The van der Waals surface area contributed by atoms with Crippen LogP contribution in [0.2, 0.25) is 0 Å². The summed E-state index contributed by atoms with van der Waals surface area (Å²) < 4.78 is 0. The lowest BCUT2D eigenvalue weighted by molar-refractivity contribution is 0.300. The third-order valence-electron chi connectivity index (χ3n) is 2.80. The van der Waals surface area contributed by atoms with Crippen LogP contribution in [0, 0.1) is 6.92 Å². The summed E-state index contributed by atoms with van der Waals surface area (Å²) in [6, 6.07) is 0. The molecule has 5 nitrogen and oxygen atoms in total. The third kappa shape index (κ3) is 2.65. The van der Waals surface area contributed by atoms with Gasteiger partial charge in [-0.2, -0.15) is 4.91 Å². The van der Waals surface area contributed by atoms with Crippen LogP contribution in [-0.2, 0) is 19.2 Å². The molecule has 0 saturated heterocycles. The average molecular weight is 263 g/mol. The number of rotatable bonds is 3. The lowest BCUT2D eigenvalue weighted by Gasteiger charge is -2.29. The van der Waals surface area contributed by atoms with Crippen molar-refractivity contribution in [3.05, 3.63) is 28.2 Å². The number of aryl methyl sites for hydroxylation is 1. The van der Waals surface area contributed by atoms with Crippen molar-refractivity contribution in [2.75, 3.05) is 6.61 Å². The van der Waals surface area contributed by atoms with E-state index in [1.54, 1.807) is 12.5 Å². The molecule has 1 aliphatic rings. The molecule has 2 rings (SSSR count). The van der Waals surface area contributed by atoms with Crippen molar-refractivity contribution in [2.45, 2.75) is 26.8 Å². The van der Waals surface area contributed by atoms with Gasteiger partial charge in [0.1, 0.15) is 5.82 Å². The monoisotopic (exact) mass is 263 g/mol. The first kappa shape index (κ1) is 12.9. The molecule has 0 spiro atoms. The average Bonchev–Trinajstić information content (AvgIpc) is 2.37. The highest BCUT2D eigenvalue weighted by Gasteiger charge is 2.14. The summed E-state index contributed by atoms with van der Waals surface area (Å²) >= 11 is 5.24. The van der Waals surface area contributed by atoms with Gasteiger partial charge in [0.15, 0.2) is 5.82 Å². The van der Waals surface area contributed by atoms with Gasteiger partial charge in [0.25, 0.3) is 0 Å². The van der Waals surface area contributed by atoms with Gasteiger partial charge in [0.05, 0.1) is 12.9 Å². The van der Waals surface area contributed by atoms with E-state index in [1.165, 1.54) is 0 Å². The highest BCUT2D eigenvalue weighted by atomic mass is 32.1. The third-order valence-corrected chi connectivity index (χ3v) is 3.29. The van der Waals surface area contributed by atoms with Crippen LogP contribution >= 0.6 is 0 Å². The van der Waals surface area contributed by atoms with E-state index < -0.39 is 0 Å². The van der Waals surface area contributed by atoms with E-state index in [-0.39, 0.29) is 6.61 Å². The van der Waals surface area contributed by atoms with Crippen LogP contribution in [0.15, 0.2) is 21.8 Å². The van der Waals surface area contributed by atoms with Gasteiger partial charge in [0.2, 0.25) is 0 Å². The molecule has 0 unspecified atom stereocenters. The maximum Gasteiger partial charge on any atom is 0.162 e. The molecule has 0 bridgehead atoms. The smallest absolute Gasteiger partial charge is 0.162 e.